The number of halogens is 1. The number of hydrogen-bond acceptors (Lipinski definition) is 5. The Morgan fingerprint density at radius 3 is 2.19 bits per heavy atom. The second-order valence-corrected chi connectivity index (χ2v) is 8.00. The maximum absolute atomic E-state index is 12.8. The Morgan fingerprint density at radius 1 is 1.04 bits per heavy atom. The van der Waals surface area contributed by atoms with Crippen molar-refractivity contribution in [3.63, 3.8) is 0 Å². The number of anilines is 1. The molecule has 27 heavy (non-hydrogen) atoms. The Bertz CT molecular complexity index is 908. The summed E-state index contributed by atoms with van der Waals surface area (Å²) in [5.41, 5.74) is 1.53. The van der Waals surface area contributed by atoms with Crippen molar-refractivity contribution in [2.24, 2.45) is 0 Å². The summed E-state index contributed by atoms with van der Waals surface area (Å²) in [6.45, 7) is -0.399. The highest BCUT2D eigenvalue weighted by atomic mass is 32.2. The fourth-order valence-corrected chi connectivity index (χ4v) is 2.75. The van der Waals surface area contributed by atoms with Gasteiger partial charge in [-0.25, -0.2) is 12.8 Å². The van der Waals surface area contributed by atoms with E-state index in [2.05, 4.69) is 0 Å². The molecule has 2 rings (SSSR count). The minimum atomic E-state index is -3.38. The first kappa shape index (κ1) is 20.6. The molecule has 2 aromatic carbocycles. The standard InChI is InChI=1S/C19H20FNO5S/c1-21(27(2,24)25)17-10-6-15(7-11-17)18(22)13-26-19(23)12-5-14-3-8-16(20)9-4-14/h3-4,6-11H,5,12-13H2,1-2H3. The van der Waals surface area contributed by atoms with E-state index in [9.17, 15) is 22.4 Å². The van der Waals surface area contributed by atoms with Crippen molar-refractivity contribution in [1.29, 1.82) is 0 Å². The van der Waals surface area contributed by atoms with E-state index in [0.717, 1.165) is 16.1 Å². The lowest BCUT2D eigenvalue weighted by Gasteiger charge is -2.16. The fourth-order valence-electron chi connectivity index (χ4n) is 2.25. The maximum atomic E-state index is 12.8. The van der Waals surface area contributed by atoms with Crippen LogP contribution in [0.1, 0.15) is 22.3 Å². The molecule has 0 heterocycles. The van der Waals surface area contributed by atoms with Crippen molar-refractivity contribution in [3.8, 4) is 0 Å². The zero-order valence-electron chi connectivity index (χ0n) is 15.0. The molecular weight excluding hydrogens is 373 g/mol. The van der Waals surface area contributed by atoms with Crippen molar-refractivity contribution in [2.75, 3.05) is 24.2 Å². The van der Waals surface area contributed by atoms with Crippen molar-refractivity contribution < 1.29 is 27.1 Å². The predicted octanol–water partition coefficient (Wildman–Crippen LogP) is 2.58. The number of aryl methyl sites for hydroxylation is 1. The van der Waals surface area contributed by atoms with Gasteiger partial charge in [0.1, 0.15) is 5.82 Å². The van der Waals surface area contributed by atoms with Gasteiger partial charge in [-0.3, -0.25) is 13.9 Å². The molecule has 0 fully saturated rings. The van der Waals surface area contributed by atoms with Gasteiger partial charge in [-0.2, -0.15) is 0 Å². The molecule has 0 saturated carbocycles. The normalized spacial score (nSPS) is 11.1. The molecule has 8 heteroatoms. The Kier molecular flexibility index (Phi) is 6.68. The zero-order valence-corrected chi connectivity index (χ0v) is 15.8. The monoisotopic (exact) mass is 393 g/mol. The SMILES string of the molecule is CN(c1ccc(C(=O)COC(=O)CCc2ccc(F)cc2)cc1)S(C)(=O)=O. The van der Waals surface area contributed by atoms with Gasteiger partial charge in [0.15, 0.2) is 12.4 Å². The number of nitrogens with zero attached hydrogens (tertiary/aromatic N) is 1. The van der Waals surface area contributed by atoms with Crippen LogP contribution in [0.3, 0.4) is 0 Å². The lowest BCUT2D eigenvalue weighted by atomic mass is 10.1. The summed E-state index contributed by atoms with van der Waals surface area (Å²) in [6, 6.07) is 11.8. The van der Waals surface area contributed by atoms with Crippen LogP contribution in [0.5, 0.6) is 0 Å². The number of rotatable bonds is 8. The lowest BCUT2D eigenvalue weighted by molar-refractivity contribution is -0.142. The van der Waals surface area contributed by atoms with Crippen molar-refractivity contribution >= 4 is 27.5 Å². The van der Waals surface area contributed by atoms with E-state index < -0.39 is 28.4 Å². The van der Waals surface area contributed by atoms with E-state index >= 15 is 0 Å². The number of carbonyl (C=O) groups excluding carboxylic acids is 2. The van der Waals surface area contributed by atoms with Crippen molar-refractivity contribution in [2.45, 2.75) is 12.8 Å². The number of ketones is 1. The third kappa shape index (κ3) is 6.18. The maximum Gasteiger partial charge on any atom is 0.306 e. The molecule has 144 valence electrons. The average molecular weight is 393 g/mol. The van der Waals surface area contributed by atoms with E-state index in [1.54, 1.807) is 12.1 Å². The largest absolute Gasteiger partial charge is 0.457 e. The topological polar surface area (TPSA) is 80.8 Å². The zero-order chi connectivity index (χ0) is 20.0. The molecule has 0 aliphatic rings. The summed E-state index contributed by atoms with van der Waals surface area (Å²) in [5.74, 6) is -1.26. The second-order valence-electron chi connectivity index (χ2n) is 5.99. The first-order chi connectivity index (χ1) is 12.7. The number of esters is 1. The summed E-state index contributed by atoms with van der Waals surface area (Å²) in [7, 11) is -1.97. The van der Waals surface area contributed by atoms with Crippen molar-refractivity contribution in [1.82, 2.24) is 0 Å². The Hall–Kier alpha value is -2.74. The van der Waals surface area contributed by atoms with Gasteiger partial charge in [-0.1, -0.05) is 12.1 Å². The van der Waals surface area contributed by atoms with Crippen LogP contribution in [0.2, 0.25) is 0 Å². The molecule has 0 atom stereocenters. The molecule has 6 nitrogen and oxygen atoms in total. The van der Waals surface area contributed by atoms with E-state index in [0.29, 0.717) is 17.7 Å². The Balaban J connectivity index is 1.84. The number of carbonyl (C=O) groups is 2. The third-order valence-corrected chi connectivity index (χ3v) is 5.15. The predicted molar refractivity (Wildman–Crippen MR) is 99.7 cm³/mol. The van der Waals surface area contributed by atoms with E-state index in [4.69, 9.17) is 4.74 Å². The summed E-state index contributed by atoms with van der Waals surface area (Å²) in [4.78, 5) is 23.8. The van der Waals surface area contributed by atoms with Gasteiger partial charge in [0.25, 0.3) is 0 Å². The molecule has 0 amide bonds. The van der Waals surface area contributed by atoms with Crippen LogP contribution in [-0.2, 0) is 26.0 Å². The summed E-state index contributed by atoms with van der Waals surface area (Å²) < 4.78 is 41.9. The number of Topliss-reactive ketones (excluding diaryl/α,β-unsaturated/α-hetero) is 1. The summed E-state index contributed by atoms with van der Waals surface area (Å²) >= 11 is 0. The molecule has 0 aromatic heterocycles. The van der Waals surface area contributed by atoms with E-state index in [-0.39, 0.29) is 12.2 Å². The van der Waals surface area contributed by atoms with Gasteiger partial charge in [-0.05, 0) is 48.4 Å². The van der Waals surface area contributed by atoms with Gasteiger partial charge in [0.2, 0.25) is 10.0 Å². The Labute approximate surface area is 157 Å². The third-order valence-electron chi connectivity index (χ3n) is 3.95. The highest BCUT2D eigenvalue weighted by Crippen LogP contribution is 2.16. The highest BCUT2D eigenvalue weighted by Gasteiger charge is 2.14. The highest BCUT2D eigenvalue weighted by molar-refractivity contribution is 7.92. The molecule has 2 aromatic rings. The molecule has 0 bridgehead atoms. The van der Waals surface area contributed by atoms with Gasteiger partial charge in [0.05, 0.1) is 11.9 Å². The molecule has 0 spiro atoms. The molecule has 0 saturated heterocycles. The van der Waals surface area contributed by atoms with Crippen LogP contribution in [0, 0.1) is 5.82 Å². The van der Waals surface area contributed by atoms with Gasteiger partial charge in [-0.15, -0.1) is 0 Å². The molecular formula is C19H20FNO5S. The molecule has 0 N–H and O–H groups in total. The summed E-state index contributed by atoms with van der Waals surface area (Å²) in [5, 5.41) is 0. The minimum Gasteiger partial charge on any atom is -0.457 e. The molecule has 0 unspecified atom stereocenters. The molecule has 0 aliphatic heterocycles. The van der Waals surface area contributed by atoms with Crippen molar-refractivity contribution in [3.05, 3.63) is 65.5 Å². The van der Waals surface area contributed by atoms with Crippen LogP contribution in [0.15, 0.2) is 48.5 Å². The minimum absolute atomic E-state index is 0.0804. The number of benzene rings is 2. The fraction of sp³-hybridized carbons (Fsp3) is 0.263. The lowest BCUT2D eigenvalue weighted by Crippen LogP contribution is -2.24. The number of sulfonamides is 1. The first-order valence-electron chi connectivity index (χ1n) is 8.14. The second kappa shape index (κ2) is 8.77. The Morgan fingerprint density at radius 2 is 1.63 bits per heavy atom. The van der Waals surface area contributed by atoms with Crippen LogP contribution in [-0.4, -0.2) is 40.1 Å². The first-order valence-corrected chi connectivity index (χ1v) is 9.99. The summed E-state index contributed by atoms with van der Waals surface area (Å²) in [6.07, 6.45) is 1.55. The number of ether oxygens (including phenoxy) is 1. The van der Waals surface area contributed by atoms with Crippen LogP contribution < -0.4 is 4.31 Å². The van der Waals surface area contributed by atoms with Gasteiger partial charge < -0.3 is 4.74 Å². The van der Waals surface area contributed by atoms with Crippen LogP contribution in [0.4, 0.5) is 10.1 Å². The van der Waals surface area contributed by atoms with E-state index in [1.165, 1.54) is 43.4 Å². The smallest absolute Gasteiger partial charge is 0.306 e. The van der Waals surface area contributed by atoms with E-state index in [1.807, 2.05) is 0 Å². The average Bonchev–Trinajstić information content (AvgIpc) is 2.64. The number of hydrogen-bond donors (Lipinski definition) is 0. The van der Waals surface area contributed by atoms with Gasteiger partial charge >= 0.3 is 5.97 Å². The molecule has 0 aliphatic carbocycles. The quantitative estimate of drug-likeness (QED) is 0.509. The van der Waals surface area contributed by atoms with Crippen LogP contribution >= 0.6 is 0 Å². The molecule has 0 radical (unpaired) electrons. The van der Waals surface area contributed by atoms with Gasteiger partial charge in [0, 0.05) is 19.0 Å². The van der Waals surface area contributed by atoms with Crippen LogP contribution in [0.25, 0.3) is 0 Å².